The highest BCUT2D eigenvalue weighted by Crippen LogP contribution is 2.04. The predicted octanol–water partition coefficient (Wildman–Crippen LogP) is 0.142. The van der Waals surface area contributed by atoms with Gasteiger partial charge in [0.25, 0.3) is 0 Å². The van der Waals surface area contributed by atoms with Crippen molar-refractivity contribution in [1.82, 2.24) is 4.98 Å². The summed E-state index contributed by atoms with van der Waals surface area (Å²) >= 11 is 0. The van der Waals surface area contributed by atoms with Gasteiger partial charge in [0, 0.05) is 0 Å². The number of aliphatic hydroxyl groups excluding tert-OH is 1. The van der Waals surface area contributed by atoms with Crippen LogP contribution < -0.4 is 5.32 Å². The molecule has 0 bridgehead atoms. The zero-order chi connectivity index (χ0) is 8.97. The quantitative estimate of drug-likeness (QED) is 0.559. The third-order valence-corrected chi connectivity index (χ3v) is 1.27. The van der Waals surface area contributed by atoms with Crippen LogP contribution in [-0.4, -0.2) is 27.9 Å². The zero-order valence-corrected chi connectivity index (χ0v) is 6.19. The van der Waals surface area contributed by atoms with Gasteiger partial charge in [0.15, 0.2) is 0 Å². The molecule has 5 heteroatoms. The van der Waals surface area contributed by atoms with Gasteiger partial charge in [0.2, 0.25) is 0 Å². The lowest BCUT2D eigenvalue weighted by Gasteiger charge is -2.00. The van der Waals surface area contributed by atoms with Crippen LogP contribution in [0, 0.1) is 0 Å². The van der Waals surface area contributed by atoms with Gasteiger partial charge in [0.05, 0.1) is 11.9 Å². The Morgan fingerprint density at radius 2 is 2.33 bits per heavy atom. The van der Waals surface area contributed by atoms with Crippen molar-refractivity contribution < 1.29 is 15.0 Å². The molecule has 0 fully saturated rings. The molecule has 5 nitrogen and oxygen atoms in total. The number of rotatable bonds is 3. The number of carboxylic acids is 1. The maximum atomic E-state index is 10.3. The summed E-state index contributed by atoms with van der Waals surface area (Å²) in [5.41, 5.74) is 0.570. The van der Waals surface area contributed by atoms with E-state index in [1.165, 1.54) is 18.3 Å². The number of nitrogens with zero attached hydrogens (tertiary/aromatic N) is 1. The van der Waals surface area contributed by atoms with Crippen molar-refractivity contribution in [2.24, 2.45) is 0 Å². The summed E-state index contributed by atoms with van der Waals surface area (Å²) in [6.07, 6.45) is 1.35. The van der Waals surface area contributed by atoms with Crippen LogP contribution in [0.2, 0.25) is 0 Å². The van der Waals surface area contributed by atoms with Crippen LogP contribution in [0.25, 0.3) is 0 Å². The summed E-state index contributed by atoms with van der Waals surface area (Å²) in [6, 6.07) is 2.90. The molecule has 0 saturated heterocycles. The number of nitrogens with one attached hydrogen (secondary N) is 1. The second-order valence-corrected chi connectivity index (χ2v) is 2.07. The molecule has 3 N–H and O–H groups in total. The third kappa shape index (κ3) is 1.93. The van der Waals surface area contributed by atoms with Gasteiger partial charge in [-0.15, -0.1) is 0 Å². The Hall–Kier alpha value is -1.62. The highest BCUT2D eigenvalue weighted by Gasteiger charge is 2.02. The Kier molecular flexibility index (Phi) is 2.60. The van der Waals surface area contributed by atoms with Gasteiger partial charge in [-0.25, -0.2) is 9.78 Å². The Morgan fingerprint density at radius 1 is 1.58 bits per heavy atom. The first-order chi connectivity index (χ1) is 5.74. The zero-order valence-electron chi connectivity index (χ0n) is 6.19. The summed E-state index contributed by atoms with van der Waals surface area (Å²) in [6.45, 7) is -0.200. The molecule has 0 amide bonds. The number of aromatic nitrogens is 1. The average molecular weight is 168 g/mol. The summed E-state index contributed by atoms with van der Waals surface area (Å²) in [4.78, 5) is 14.0. The van der Waals surface area contributed by atoms with E-state index >= 15 is 0 Å². The van der Waals surface area contributed by atoms with E-state index in [4.69, 9.17) is 10.2 Å². The number of carbonyl (C=O) groups is 1. The Labute approximate surface area is 68.7 Å². The maximum absolute atomic E-state index is 10.3. The van der Waals surface area contributed by atoms with Crippen LogP contribution in [0.4, 0.5) is 5.69 Å². The van der Waals surface area contributed by atoms with Crippen LogP contribution in [0.15, 0.2) is 18.3 Å². The van der Waals surface area contributed by atoms with E-state index in [9.17, 15) is 4.79 Å². The monoisotopic (exact) mass is 168 g/mol. The van der Waals surface area contributed by atoms with Crippen molar-refractivity contribution in [3.8, 4) is 0 Å². The molecule has 1 rings (SSSR count). The standard InChI is InChI=1S/C7H8N2O3/c10-4-9-5-1-2-6(7(11)12)8-3-5/h1-3,9-10H,4H2,(H,11,12). The van der Waals surface area contributed by atoms with Crippen molar-refractivity contribution in [1.29, 1.82) is 0 Å². The molecule has 64 valence electrons. The molecule has 1 aromatic heterocycles. The van der Waals surface area contributed by atoms with Crippen molar-refractivity contribution in [3.63, 3.8) is 0 Å². The van der Waals surface area contributed by atoms with Gasteiger partial charge < -0.3 is 15.5 Å². The predicted molar refractivity (Wildman–Crippen MR) is 41.9 cm³/mol. The van der Waals surface area contributed by atoms with Gasteiger partial charge in [-0.05, 0) is 12.1 Å². The van der Waals surface area contributed by atoms with Crippen LogP contribution >= 0.6 is 0 Å². The second-order valence-electron chi connectivity index (χ2n) is 2.07. The number of hydrogen-bond acceptors (Lipinski definition) is 4. The highest BCUT2D eigenvalue weighted by molar-refractivity contribution is 5.85. The van der Waals surface area contributed by atoms with Crippen LogP contribution in [-0.2, 0) is 0 Å². The van der Waals surface area contributed by atoms with Gasteiger partial charge in [0.1, 0.15) is 12.4 Å². The molecule has 0 aliphatic carbocycles. The molecule has 0 aliphatic heterocycles. The SMILES string of the molecule is O=C(O)c1ccc(NCO)cn1. The van der Waals surface area contributed by atoms with Crippen molar-refractivity contribution in [2.45, 2.75) is 0 Å². The minimum Gasteiger partial charge on any atom is -0.477 e. The van der Waals surface area contributed by atoms with E-state index in [1.807, 2.05) is 0 Å². The Bertz CT molecular complexity index is 270. The van der Waals surface area contributed by atoms with Gasteiger partial charge in [-0.1, -0.05) is 0 Å². The van der Waals surface area contributed by atoms with Gasteiger partial charge in [-0.3, -0.25) is 0 Å². The number of aliphatic hydroxyl groups is 1. The summed E-state index contributed by atoms with van der Waals surface area (Å²) in [7, 11) is 0. The lowest BCUT2D eigenvalue weighted by atomic mass is 10.3. The Morgan fingerprint density at radius 3 is 2.75 bits per heavy atom. The molecule has 1 heterocycles. The van der Waals surface area contributed by atoms with Gasteiger partial charge in [-0.2, -0.15) is 0 Å². The lowest BCUT2D eigenvalue weighted by Crippen LogP contribution is -2.03. The molecule has 0 unspecified atom stereocenters. The lowest BCUT2D eigenvalue weighted by molar-refractivity contribution is 0.0690. The molecule has 0 aliphatic rings. The smallest absolute Gasteiger partial charge is 0.354 e. The number of aromatic carboxylic acids is 1. The highest BCUT2D eigenvalue weighted by atomic mass is 16.4. The van der Waals surface area contributed by atoms with Crippen LogP contribution in [0.5, 0.6) is 0 Å². The second kappa shape index (κ2) is 3.68. The Balaban J connectivity index is 2.78. The first-order valence-corrected chi connectivity index (χ1v) is 3.28. The largest absolute Gasteiger partial charge is 0.477 e. The molecule has 0 atom stereocenters. The fourth-order valence-electron chi connectivity index (χ4n) is 0.716. The van der Waals surface area contributed by atoms with E-state index in [2.05, 4.69) is 10.3 Å². The molecule has 0 aromatic carbocycles. The number of anilines is 1. The number of pyridine rings is 1. The maximum Gasteiger partial charge on any atom is 0.354 e. The molecule has 0 radical (unpaired) electrons. The normalized spacial score (nSPS) is 9.42. The molecule has 0 spiro atoms. The minimum atomic E-state index is -1.06. The van der Waals surface area contributed by atoms with Crippen molar-refractivity contribution in [2.75, 3.05) is 12.0 Å². The van der Waals surface area contributed by atoms with Gasteiger partial charge >= 0.3 is 5.97 Å². The number of hydrogen-bond donors (Lipinski definition) is 3. The first-order valence-electron chi connectivity index (χ1n) is 3.28. The van der Waals surface area contributed by atoms with Crippen LogP contribution in [0.1, 0.15) is 10.5 Å². The van der Waals surface area contributed by atoms with Crippen molar-refractivity contribution in [3.05, 3.63) is 24.0 Å². The fraction of sp³-hybridized carbons (Fsp3) is 0.143. The van der Waals surface area contributed by atoms with E-state index in [1.54, 1.807) is 0 Å². The molecule has 0 saturated carbocycles. The summed E-state index contributed by atoms with van der Waals surface area (Å²) in [5, 5.41) is 19.5. The van der Waals surface area contributed by atoms with E-state index < -0.39 is 5.97 Å². The fourth-order valence-corrected chi connectivity index (χ4v) is 0.716. The van der Waals surface area contributed by atoms with Crippen LogP contribution in [0.3, 0.4) is 0 Å². The molecular weight excluding hydrogens is 160 g/mol. The molecule has 1 aromatic rings. The summed E-state index contributed by atoms with van der Waals surface area (Å²) < 4.78 is 0. The number of carboxylic acid groups (broad SMARTS) is 1. The van der Waals surface area contributed by atoms with E-state index in [0.29, 0.717) is 5.69 Å². The topological polar surface area (TPSA) is 82.5 Å². The average Bonchev–Trinajstić information content (AvgIpc) is 2.06. The first kappa shape index (κ1) is 8.48. The van der Waals surface area contributed by atoms with E-state index in [0.717, 1.165) is 0 Å². The molecular formula is C7H8N2O3. The minimum absolute atomic E-state index is 0.0153. The third-order valence-electron chi connectivity index (χ3n) is 1.27. The molecule has 12 heavy (non-hydrogen) atoms. The van der Waals surface area contributed by atoms with Crippen molar-refractivity contribution >= 4 is 11.7 Å². The summed E-state index contributed by atoms with van der Waals surface area (Å²) in [5.74, 6) is -1.06. The van der Waals surface area contributed by atoms with E-state index in [-0.39, 0.29) is 12.4 Å².